The van der Waals surface area contributed by atoms with Gasteiger partial charge >= 0.3 is 0 Å². The number of rotatable bonds is 7. The van der Waals surface area contributed by atoms with E-state index < -0.39 is 11.8 Å². The fourth-order valence-electron chi connectivity index (χ4n) is 5.08. The van der Waals surface area contributed by atoms with Gasteiger partial charge in [-0.15, -0.1) is 0 Å². The van der Waals surface area contributed by atoms with Crippen LogP contribution in [0.1, 0.15) is 34.6 Å². The minimum absolute atomic E-state index is 0.0303. The predicted molar refractivity (Wildman–Crippen MR) is 151 cm³/mol. The van der Waals surface area contributed by atoms with Crippen LogP contribution in [0.2, 0.25) is 0 Å². The molecule has 0 spiro atoms. The number of hydrogen-bond acceptors (Lipinski definition) is 11. The zero-order valence-electron chi connectivity index (χ0n) is 23.4. The molecule has 0 amide bonds. The average Bonchev–Trinajstić information content (AvgIpc) is 2.90. The van der Waals surface area contributed by atoms with Crippen molar-refractivity contribution in [3.8, 4) is 11.3 Å². The largest absolute Gasteiger partial charge is 0.389 e. The number of ether oxygens (including phenoxy) is 2. The second-order valence-electron chi connectivity index (χ2n) is 11.1. The van der Waals surface area contributed by atoms with Crippen molar-refractivity contribution in [3.05, 3.63) is 30.3 Å². The Morgan fingerprint density at radius 3 is 2.23 bits per heavy atom. The molecule has 2 aliphatic rings. The Labute approximate surface area is 229 Å². The van der Waals surface area contributed by atoms with Crippen molar-refractivity contribution in [1.29, 1.82) is 0 Å². The summed E-state index contributed by atoms with van der Waals surface area (Å²) in [6, 6.07) is 9.94. The van der Waals surface area contributed by atoms with Crippen LogP contribution in [0.3, 0.4) is 0 Å². The molecule has 2 fully saturated rings. The van der Waals surface area contributed by atoms with Crippen molar-refractivity contribution in [2.24, 2.45) is 0 Å². The Balaban J connectivity index is 1.75. The van der Waals surface area contributed by atoms with Crippen molar-refractivity contribution in [2.45, 2.75) is 58.7 Å². The second-order valence-corrected chi connectivity index (χ2v) is 11.1. The SMILES string of the molecule is CC1CN(c2nc(N(CC(C)(C)O)C(C)O)c3nc(-c4ccccc4)c(N4CCOC(C)C4)nc3n2)CCO1. The number of fused-ring (bicyclic) bond motifs is 1. The summed E-state index contributed by atoms with van der Waals surface area (Å²) < 4.78 is 11.5. The first-order valence-electron chi connectivity index (χ1n) is 13.6. The third-order valence-electron chi connectivity index (χ3n) is 6.87. The van der Waals surface area contributed by atoms with Crippen LogP contribution >= 0.6 is 0 Å². The Morgan fingerprint density at radius 2 is 1.62 bits per heavy atom. The van der Waals surface area contributed by atoms with Crippen molar-refractivity contribution in [1.82, 2.24) is 19.9 Å². The van der Waals surface area contributed by atoms with E-state index in [9.17, 15) is 10.2 Å². The first kappa shape index (κ1) is 27.4. The molecule has 210 valence electrons. The van der Waals surface area contributed by atoms with Crippen LogP contribution in [0, 0.1) is 0 Å². The van der Waals surface area contributed by atoms with E-state index in [2.05, 4.69) is 16.7 Å². The highest BCUT2D eigenvalue weighted by Gasteiger charge is 2.30. The molecule has 4 heterocycles. The smallest absolute Gasteiger partial charge is 0.229 e. The van der Waals surface area contributed by atoms with Crippen LogP contribution in [0.4, 0.5) is 17.6 Å². The van der Waals surface area contributed by atoms with Crippen LogP contribution in [0.5, 0.6) is 0 Å². The van der Waals surface area contributed by atoms with Gasteiger partial charge in [0.2, 0.25) is 5.95 Å². The van der Waals surface area contributed by atoms with E-state index >= 15 is 0 Å². The molecule has 3 unspecified atom stereocenters. The summed E-state index contributed by atoms with van der Waals surface area (Å²) in [5.74, 6) is 1.66. The summed E-state index contributed by atoms with van der Waals surface area (Å²) in [5.41, 5.74) is 1.44. The number of aliphatic hydroxyl groups excluding tert-OH is 1. The van der Waals surface area contributed by atoms with E-state index in [1.807, 2.05) is 37.3 Å². The van der Waals surface area contributed by atoms with Crippen LogP contribution < -0.4 is 14.7 Å². The van der Waals surface area contributed by atoms with Crippen LogP contribution in [0.15, 0.2) is 30.3 Å². The van der Waals surface area contributed by atoms with Gasteiger partial charge in [-0.05, 0) is 34.6 Å². The fourth-order valence-corrected chi connectivity index (χ4v) is 5.08. The normalized spacial score (nSPS) is 21.3. The first-order valence-corrected chi connectivity index (χ1v) is 13.6. The highest BCUT2D eigenvalue weighted by Crippen LogP contribution is 2.34. The number of aromatic nitrogens is 4. The Morgan fingerprint density at radius 1 is 0.974 bits per heavy atom. The fraction of sp³-hybridized carbons (Fsp3) is 0.571. The number of hydrogen-bond donors (Lipinski definition) is 2. The topological polar surface area (TPSA) is 120 Å². The molecule has 39 heavy (non-hydrogen) atoms. The van der Waals surface area contributed by atoms with E-state index in [1.54, 1.807) is 25.7 Å². The molecule has 0 bridgehead atoms. The zero-order valence-corrected chi connectivity index (χ0v) is 23.4. The van der Waals surface area contributed by atoms with E-state index in [4.69, 9.17) is 29.4 Å². The van der Waals surface area contributed by atoms with E-state index in [-0.39, 0.29) is 18.8 Å². The second kappa shape index (κ2) is 11.2. The Kier molecular flexibility index (Phi) is 7.86. The molecular weight excluding hydrogens is 498 g/mol. The third-order valence-corrected chi connectivity index (χ3v) is 6.87. The molecule has 11 heteroatoms. The van der Waals surface area contributed by atoms with Crippen molar-refractivity contribution < 1.29 is 19.7 Å². The monoisotopic (exact) mass is 537 g/mol. The molecule has 2 N–H and O–H groups in total. The maximum absolute atomic E-state index is 10.9. The standard InChI is InChI=1S/C28H39N7O4/c1-18-15-33(11-13-38-18)25-22(21-9-7-6-8-10-21)29-23-24(30-25)31-27(34-12-14-39-19(2)16-34)32-26(23)35(20(3)36)17-28(4,5)37/h6-10,18-20,36-37H,11-17H2,1-5H3. The van der Waals surface area contributed by atoms with Gasteiger partial charge in [0.25, 0.3) is 0 Å². The van der Waals surface area contributed by atoms with Crippen molar-refractivity contribution in [3.63, 3.8) is 0 Å². The van der Waals surface area contributed by atoms with Gasteiger partial charge in [0.15, 0.2) is 22.8 Å². The van der Waals surface area contributed by atoms with Gasteiger partial charge in [0, 0.05) is 31.7 Å². The van der Waals surface area contributed by atoms with Gasteiger partial charge in [-0.25, -0.2) is 9.97 Å². The average molecular weight is 538 g/mol. The number of anilines is 3. The van der Waals surface area contributed by atoms with Crippen molar-refractivity contribution >= 4 is 28.7 Å². The lowest BCUT2D eigenvalue weighted by atomic mass is 10.1. The number of aliphatic hydroxyl groups is 2. The van der Waals surface area contributed by atoms with E-state index in [1.165, 1.54) is 0 Å². The molecular formula is C28H39N7O4. The molecule has 0 saturated carbocycles. The summed E-state index contributed by atoms with van der Waals surface area (Å²) in [4.78, 5) is 26.0. The number of morpholine rings is 2. The molecule has 5 rings (SSSR count). The van der Waals surface area contributed by atoms with Gasteiger partial charge in [0.05, 0.1) is 37.6 Å². The quantitative estimate of drug-likeness (QED) is 0.433. The van der Waals surface area contributed by atoms with Crippen LogP contribution in [-0.4, -0.2) is 100 Å². The highest BCUT2D eigenvalue weighted by atomic mass is 16.5. The lowest BCUT2D eigenvalue weighted by molar-refractivity contribution is 0.0526. The van der Waals surface area contributed by atoms with E-state index in [0.29, 0.717) is 68.0 Å². The van der Waals surface area contributed by atoms with Gasteiger partial charge in [-0.1, -0.05) is 30.3 Å². The molecule has 11 nitrogen and oxygen atoms in total. The van der Waals surface area contributed by atoms with Gasteiger partial charge < -0.3 is 34.4 Å². The summed E-state index contributed by atoms with van der Waals surface area (Å²) in [7, 11) is 0. The lowest BCUT2D eigenvalue weighted by Gasteiger charge is -2.35. The van der Waals surface area contributed by atoms with Gasteiger partial charge in [0.1, 0.15) is 11.9 Å². The molecule has 3 aromatic rings. The van der Waals surface area contributed by atoms with Crippen molar-refractivity contribution in [2.75, 3.05) is 60.6 Å². The molecule has 2 aliphatic heterocycles. The highest BCUT2D eigenvalue weighted by molar-refractivity contribution is 5.89. The molecule has 0 radical (unpaired) electrons. The summed E-state index contributed by atoms with van der Waals surface area (Å²) in [6.07, 6.45) is -0.848. The van der Waals surface area contributed by atoms with Gasteiger partial charge in [-0.3, -0.25) is 0 Å². The maximum Gasteiger partial charge on any atom is 0.229 e. The summed E-state index contributed by atoms with van der Waals surface area (Å²) in [6.45, 7) is 13.1. The zero-order chi connectivity index (χ0) is 27.7. The number of nitrogens with zero attached hydrogens (tertiary/aromatic N) is 7. The summed E-state index contributed by atoms with van der Waals surface area (Å²) >= 11 is 0. The predicted octanol–water partition coefficient (Wildman–Crippen LogP) is 2.45. The minimum Gasteiger partial charge on any atom is -0.389 e. The molecule has 2 aromatic heterocycles. The molecule has 2 saturated heterocycles. The van der Waals surface area contributed by atoms with E-state index in [0.717, 1.165) is 11.4 Å². The third kappa shape index (κ3) is 6.22. The number of benzene rings is 1. The summed E-state index contributed by atoms with van der Waals surface area (Å²) in [5, 5.41) is 21.6. The Bertz CT molecular complexity index is 1280. The maximum atomic E-state index is 10.9. The molecule has 0 aliphatic carbocycles. The van der Waals surface area contributed by atoms with Crippen LogP contribution in [-0.2, 0) is 9.47 Å². The molecule has 3 atom stereocenters. The first-order chi connectivity index (χ1) is 18.6. The lowest BCUT2D eigenvalue weighted by Crippen LogP contribution is -2.45. The minimum atomic E-state index is -1.10. The molecule has 1 aromatic carbocycles. The van der Waals surface area contributed by atoms with Crippen LogP contribution in [0.25, 0.3) is 22.4 Å². The Hall–Kier alpha value is -3.12. The van der Waals surface area contributed by atoms with Gasteiger partial charge in [-0.2, -0.15) is 9.97 Å².